The van der Waals surface area contributed by atoms with E-state index in [9.17, 15) is 27.6 Å². The predicted molar refractivity (Wildman–Crippen MR) is 85.4 cm³/mol. The summed E-state index contributed by atoms with van der Waals surface area (Å²) < 4.78 is 37.9. The lowest BCUT2D eigenvalue weighted by molar-refractivity contribution is -0.186. The van der Waals surface area contributed by atoms with Crippen LogP contribution in [-0.2, 0) is 9.59 Å². The van der Waals surface area contributed by atoms with E-state index in [1.54, 1.807) is 0 Å². The topological polar surface area (TPSA) is 81.2 Å². The second-order valence-electron chi connectivity index (χ2n) is 6.78. The lowest BCUT2D eigenvalue weighted by Crippen LogP contribution is -2.57. The molecule has 2 fully saturated rings. The van der Waals surface area contributed by atoms with Gasteiger partial charge in [0.15, 0.2) is 0 Å². The van der Waals surface area contributed by atoms with E-state index >= 15 is 0 Å². The summed E-state index contributed by atoms with van der Waals surface area (Å²) in [6.45, 7) is 2.58. The second-order valence-corrected chi connectivity index (χ2v) is 6.78. The molecule has 0 bridgehead atoms. The molecular weight excluding hydrogens is 355 g/mol. The lowest BCUT2D eigenvalue weighted by Gasteiger charge is -2.37. The number of rotatable bonds is 4. The first-order valence-electron chi connectivity index (χ1n) is 8.74. The minimum absolute atomic E-state index is 0.0671. The maximum Gasteiger partial charge on any atom is 0.408 e. The molecule has 3 amide bonds. The van der Waals surface area contributed by atoms with Gasteiger partial charge in [0.2, 0.25) is 11.8 Å². The van der Waals surface area contributed by atoms with Gasteiger partial charge >= 0.3 is 12.3 Å². The van der Waals surface area contributed by atoms with E-state index in [1.807, 2.05) is 0 Å². The third kappa shape index (κ3) is 4.79. The molecule has 0 aromatic heterocycles. The maximum absolute atomic E-state index is 12.6. The molecule has 0 spiro atoms. The van der Waals surface area contributed by atoms with Crippen LogP contribution in [0, 0.1) is 5.92 Å². The summed E-state index contributed by atoms with van der Waals surface area (Å²) in [5, 5.41) is 9.01. The van der Waals surface area contributed by atoms with Crippen molar-refractivity contribution < 1.29 is 32.7 Å². The van der Waals surface area contributed by atoms with Gasteiger partial charge in [-0.2, -0.15) is 13.2 Å². The normalized spacial score (nSPS) is 22.7. The van der Waals surface area contributed by atoms with E-state index < -0.39 is 24.2 Å². The van der Waals surface area contributed by atoms with E-state index in [1.165, 1.54) is 16.7 Å². The standard InChI is InChI=1S/C16H24F3N3O4/c1-11-14(24)21(9-10-22(11)15(25)26)6-2-3-13(23)20-7-4-12(5-8-20)16(17,18)19/h11-12H,2-10H2,1H3,(H,25,26). The van der Waals surface area contributed by atoms with Gasteiger partial charge in [-0.3, -0.25) is 14.5 Å². The van der Waals surface area contributed by atoms with Crippen LogP contribution in [0.25, 0.3) is 0 Å². The van der Waals surface area contributed by atoms with Crippen molar-refractivity contribution in [2.45, 2.75) is 44.8 Å². The van der Waals surface area contributed by atoms with Crippen LogP contribution in [0.3, 0.4) is 0 Å². The molecule has 0 aromatic carbocycles. The maximum atomic E-state index is 12.6. The van der Waals surface area contributed by atoms with E-state index in [-0.39, 0.29) is 57.3 Å². The average molecular weight is 379 g/mol. The number of hydrogen-bond donors (Lipinski definition) is 1. The minimum atomic E-state index is -4.20. The number of piperidine rings is 1. The Labute approximate surface area is 149 Å². The quantitative estimate of drug-likeness (QED) is 0.807. The number of carboxylic acid groups (broad SMARTS) is 1. The van der Waals surface area contributed by atoms with Gasteiger partial charge in [-0.1, -0.05) is 0 Å². The third-order valence-corrected chi connectivity index (χ3v) is 5.12. The Morgan fingerprint density at radius 3 is 2.31 bits per heavy atom. The summed E-state index contributed by atoms with van der Waals surface area (Å²) in [6.07, 6.45) is -4.90. The molecule has 0 saturated carbocycles. The zero-order valence-electron chi connectivity index (χ0n) is 14.7. The Bertz CT molecular complexity index is 547. The SMILES string of the molecule is CC1C(=O)N(CCCC(=O)N2CCC(C(F)(F)F)CC2)CCN1C(=O)O. The van der Waals surface area contributed by atoms with Gasteiger partial charge in [0, 0.05) is 39.1 Å². The monoisotopic (exact) mass is 379 g/mol. The Morgan fingerprint density at radius 1 is 1.15 bits per heavy atom. The molecule has 0 aromatic rings. The summed E-state index contributed by atoms with van der Waals surface area (Å²) in [7, 11) is 0. The number of likely N-dealkylation sites (tertiary alicyclic amines) is 1. The fourth-order valence-corrected chi connectivity index (χ4v) is 3.45. The van der Waals surface area contributed by atoms with Gasteiger partial charge in [0.05, 0.1) is 5.92 Å². The largest absolute Gasteiger partial charge is 0.465 e. The van der Waals surface area contributed by atoms with Crippen LogP contribution >= 0.6 is 0 Å². The smallest absolute Gasteiger partial charge is 0.408 e. The number of carbonyl (C=O) groups is 3. The summed E-state index contributed by atoms with van der Waals surface area (Å²) in [6, 6.07) is -0.752. The van der Waals surface area contributed by atoms with Crippen molar-refractivity contribution in [1.29, 1.82) is 0 Å². The van der Waals surface area contributed by atoms with Crippen molar-refractivity contribution in [1.82, 2.24) is 14.7 Å². The molecule has 0 aliphatic carbocycles. The van der Waals surface area contributed by atoms with Gasteiger partial charge in [0.25, 0.3) is 0 Å². The highest BCUT2D eigenvalue weighted by Crippen LogP contribution is 2.34. The van der Waals surface area contributed by atoms with E-state index in [2.05, 4.69) is 0 Å². The minimum Gasteiger partial charge on any atom is -0.465 e. The molecule has 1 N–H and O–H groups in total. The molecule has 2 aliphatic rings. The Balaban J connectivity index is 1.72. The Hall–Kier alpha value is -2.00. The van der Waals surface area contributed by atoms with Crippen molar-refractivity contribution in [3.8, 4) is 0 Å². The molecular formula is C16H24F3N3O4. The number of carbonyl (C=O) groups excluding carboxylic acids is 2. The van der Waals surface area contributed by atoms with Gasteiger partial charge in [-0.15, -0.1) is 0 Å². The molecule has 0 radical (unpaired) electrons. The van der Waals surface area contributed by atoms with Crippen LogP contribution in [0.1, 0.15) is 32.6 Å². The fourth-order valence-electron chi connectivity index (χ4n) is 3.45. The fraction of sp³-hybridized carbons (Fsp3) is 0.812. The van der Waals surface area contributed by atoms with Crippen LogP contribution in [0.15, 0.2) is 0 Å². The molecule has 2 rings (SSSR count). The highest BCUT2D eigenvalue weighted by Gasteiger charge is 2.41. The van der Waals surface area contributed by atoms with Crippen molar-refractivity contribution in [2.24, 2.45) is 5.92 Å². The highest BCUT2D eigenvalue weighted by molar-refractivity contribution is 5.86. The second kappa shape index (κ2) is 8.13. The Morgan fingerprint density at radius 2 is 1.77 bits per heavy atom. The van der Waals surface area contributed by atoms with Gasteiger partial charge < -0.3 is 14.9 Å². The molecule has 1 unspecified atom stereocenters. The average Bonchev–Trinajstić information content (AvgIpc) is 2.57. The van der Waals surface area contributed by atoms with E-state index in [4.69, 9.17) is 5.11 Å². The lowest BCUT2D eigenvalue weighted by atomic mass is 9.96. The first-order valence-corrected chi connectivity index (χ1v) is 8.74. The number of hydrogen-bond acceptors (Lipinski definition) is 3. The van der Waals surface area contributed by atoms with Crippen LogP contribution < -0.4 is 0 Å². The molecule has 26 heavy (non-hydrogen) atoms. The highest BCUT2D eigenvalue weighted by atomic mass is 19.4. The Kier molecular flexibility index (Phi) is 6.35. The third-order valence-electron chi connectivity index (χ3n) is 5.12. The first kappa shape index (κ1) is 20.3. The van der Waals surface area contributed by atoms with E-state index in [0.717, 1.165) is 4.90 Å². The van der Waals surface area contributed by atoms with Crippen LogP contribution in [-0.4, -0.2) is 82.7 Å². The van der Waals surface area contributed by atoms with Crippen molar-refractivity contribution in [3.63, 3.8) is 0 Å². The zero-order valence-corrected chi connectivity index (χ0v) is 14.7. The zero-order chi connectivity index (χ0) is 19.5. The van der Waals surface area contributed by atoms with Crippen molar-refractivity contribution >= 4 is 17.9 Å². The number of halogens is 3. The van der Waals surface area contributed by atoms with Crippen LogP contribution in [0.2, 0.25) is 0 Å². The molecule has 10 heteroatoms. The summed E-state index contributed by atoms with van der Waals surface area (Å²) in [5.74, 6) is -1.83. The van der Waals surface area contributed by atoms with E-state index in [0.29, 0.717) is 13.0 Å². The molecule has 2 aliphatic heterocycles. The van der Waals surface area contributed by atoms with Gasteiger partial charge in [-0.25, -0.2) is 4.79 Å². The van der Waals surface area contributed by atoms with Crippen molar-refractivity contribution in [3.05, 3.63) is 0 Å². The molecule has 1 atom stereocenters. The number of nitrogens with zero attached hydrogens (tertiary/aromatic N) is 3. The molecule has 2 saturated heterocycles. The molecule has 2 heterocycles. The number of piperazine rings is 1. The summed E-state index contributed by atoms with van der Waals surface area (Å²) in [5.41, 5.74) is 0. The van der Waals surface area contributed by atoms with Crippen molar-refractivity contribution in [2.75, 3.05) is 32.7 Å². The van der Waals surface area contributed by atoms with Crippen LogP contribution in [0.4, 0.5) is 18.0 Å². The number of amides is 3. The molecule has 148 valence electrons. The number of alkyl halides is 3. The van der Waals surface area contributed by atoms with Crippen LogP contribution in [0.5, 0.6) is 0 Å². The summed E-state index contributed by atoms with van der Waals surface area (Å²) in [4.78, 5) is 39.4. The predicted octanol–water partition coefficient (Wildman–Crippen LogP) is 1.78. The first-order chi connectivity index (χ1) is 12.1. The van der Waals surface area contributed by atoms with Gasteiger partial charge in [0.1, 0.15) is 6.04 Å². The van der Waals surface area contributed by atoms with Gasteiger partial charge in [-0.05, 0) is 26.2 Å². The molecule has 7 nitrogen and oxygen atoms in total. The summed E-state index contributed by atoms with van der Waals surface area (Å²) >= 11 is 0.